The highest BCUT2D eigenvalue weighted by Gasteiger charge is 2.22. The lowest BCUT2D eigenvalue weighted by Crippen LogP contribution is -2.23. The smallest absolute Gasteiger partial charge is 0.220 e. The van der Waals surface area contributed by atoms with Crippen molar-refractivity contribution in [3.63, 3.8) is 0 Å². The van der Waals surface area contributed by atoms with E-state index >= 15 is 0 Å². The predicted octanol–water partition coefficient (Wildman–Crippen LogP) is 1.69. The molecule has 3 nitrogen and oxygen atoms in total. The molecule has 1 aliphatic rings. The Hall–Kier alpha value is -1.51. The average molecular weight is 205 g/mol. The topological polar surface area (TPSA) is 38.3 Å². The van der Waals surface area contributed by atoms with Crippen LogP contribution in [0.4, 0.5) is 0 Å². The van der Waals surface area contributed by atoms with Crippen molar-refractivity contribution in [1.29, 1.82) is 0 Å². The van der Waals surface area contributed by atoms with Crippen LogP contribution in [-0.2, 0) is 4.79 Å². The van der Waals surface area contributed by atoms with Crippen LogP contribution in [-0.4, -0.2) is 19.6 Å². The molecule has 0 aliphatic carbocycles. The Bertz CT molecular complexity index is 362. The van der Waals surface area contributed by atoms with Crippen molar-refractivity contribution in [2.75, 3.05) is 13.7 Å². The molecule has 0 saturated carbocycles. The molecule has 1 aromatic rings. The van der Waals surface area contributed by atoms with Crippen LogP contribution in [0.2, 0.25) is 0 Å². The number of carbonyl (C=O) groups excluding carboxylic acids is 1. The lowest BCUT2D eigenvalue weighted by atomic mass is 9.90. The largest absolute Gasteiger partial charge is 0.493 e. The highest BCUT2D eigenvalue weighted by molar-refractivity contribution is 5.76. The summed E-state index contributed by atoms with van der Waals surface area (Å²) >= 11 is 0. The maximum absolute atomic E-state index is 11.3. The summed E-state index contributed by atoms with van der Waals surface area (Å²) in [6, 6.07) is 7.96. The summed E-state index contributed by atoms with van der Waals surface area (Å²) in [5, 5.41) is 2.66. The molecule has 1 heterocycles. The van der Waals surface area contributed by atoms with Gasteiger partial charge in [-0.05, 0) is 24.0 Å². The van der Waals surface area contributed by atoms with Gasteiger partial charge in [-0.1, -0.05) is 18.2 Å². The Morgan fingerprint density at radius 1 is 1.53 bits per heavy atom. The molecule has 1 aromatic carbocycles. The van der Waals surface area contributed by atoms with Crippen molar-refractivity contribution in [1.82, 2.24) is 5.32 Å². The number of nitrogens with one attached hydrogen (secondary N) is 1. The van der Waals surface area contributed by atoms with Gasteiger partial charge in [-0.25, -0.2) is 0 Å². The van der Waals surface area contributed by atoms with Crippen LogP contribution >= 0.6 is 0 Å². The van der Waals surface area contributed by atoms with Gasteiger partial charge in [0.2, 0.25) is 5.91 Å². The van der Waals surface area contributed by atoms with E-state index in [1.165, 1.54) is 0 Å². The molecule has 3 heteroatoms. The van der Waals surface area contributed by atoms with Gasteiger partial charge in [0, 0.05) is 13.5 Å². The third-order valence-electron chi connectivity index (χ3n) is 2.79. The van der Waals surface area contributed by atoms with E-state index < -0.39 is 0 Å². The maximum Gasteiger partial charge on any atom is 0.220 e. The summed E-state index contributed by atoms with van der Waals surface area (Å²) in [6.45, 7) is 0.707. The molecule has 0 saturated heterocycles. The van der Waals surface area contributed by atoms with Crippen LogP contribution in [0.1, 0.15) is 24.3 Å². The minimum Gasteiger partial charge on any atom is -0.493 e. The number of fused-ring (bicyclic) bond motifs is 1. The first-order valence-electron chi connectivity index (χ1n) is 5.23. The van der Waals surface area contributed by atoms with Crippen molar-refractivity contribution < 1.29 is 9.53 Å². The Morgan fingerprint density at radius 2 is 2.33 bits per heavy atom. The van der Waals surface area contributed by atoms with Crippen molar-refractivity contribution in [2.45, 2.75) is 18.8 Å². The van der Waals surface area contributed by atoms with Gasteiger partial charge >= 0.3 is 0 Å². The van der Waals surface area contributed by atoms with Crippen molar-refractivity contribution in [3.8, 4) is 5.75 Å². The van der Waals surface area contributed by atoms with E-state index in [4.69, 9.17) is 4.74 Å². The second-order valence-corrected chi connectivity index (χ2v) is 3.75. The summed E-state index contributed by atoms with van der Waals surface area (Å²) in [6.07, 6.45) is 1.47. The molecule has 15 heavy (non-hydrogen) atoms. The third-order valence-corrected chi connectivity index (χ3v) is 2.79. The van der Waals surface area contributed by atoms with Crippen LogP contribution < -0.4 is 10.1 Å². The van der Waals surface area contributed by atoms with E-state index in [-0.39, 0.29) is 5.91 Å². The first kappa shape index (κ1) is 10.0. The Labute approximate surface area is 89.4 Å². The molecule has 0 aromatic heterocycles. The van der Waals surface area contributed by atoms with Gasteiger partial charge in [0.25, 0.3) is 0 Å². The van der Waals surface area contributed by atoms with Crippen molar-refractivity contribution >= 4 is 5.91 Å². The van der Waals surface area contributed by atoms with Crippen LogP contribution in [0.15, 0.2) is 24.3 Å². The molecule has 0 bridgehead atoms. The number of ether oxygens (including phenoxy) is 1. The second-order valence-electron chi connectivity index (χ2n) is 3.75. The van der Waals surface area contributed by atoms with E-state index in [1.54, 1.807) is 7.05 Å². The monoisotopic (exact) mass is 205 g/mol. The quantitative estimate of drug-likeness (QED) is 0.797. The molecule has 1 N–H and O–H groups in total. The molecular weight excluding hydrogens is 190 g/mol. The Balaban J connectivity index is 2.18. The van der Waals surface area contributed by atoms with Gasteiger partial charge in [-0.2, -0.15) is 0 Å². The third kappa shape index (κ3) is 2.12. The SMILES string of the molecule is CNC(=O)CC1CCOc2ccccc21. The van der Waals surface area contributed by atoms with Crippen LogP contribution in [0.25, 0.3) is 0 Å². The fourth-order valence-corrected chi connectivity index (χ4v) is 1.95. The fourth-order valence-electron chi connectivity index (χ4n) is 1.95. The van der Waals surface area contributed by atoms with Gasteiger partial charge < -0.3 is 10.1 Å². The molecule has 0 spiro atoms. The van der Waals surface area contributed by atoms with E-state index in [9.17, 15) is 4.79 Å². The summed E-state index contributed by atoms with van der Waals surface area (Å²) in [4.78, 5) is 11.3. The number of hydrogen-bond acceptors (Lipinski definition) is 2. The first-order valence-corrected chi connectivity index (χ1v) is 5.23. The zero-order valence-corrected chi connectivity index (χ0v) is 8.82. The zero-order chi connectivity index (χ0) is 10.7. The van der Waals surface area contributed by atoms with Gasteiger partial charge in [0.05, 0.1) is 6.61 Å². The molecule has 1 unspecified atom stereocenters. The van der Waals surface area contributed by atoms with E-state index in [0.29, 0.717) is 18.9 Å². The standard InChI is InChI=1S/C12H15NO2/c1-13-12(14)8-9-6-7-15-11-5-3-2-4-10(9)11/h2-5,9H,6-8H2,1H3,(H,13,14). The fraction of sp³-hybridized carbons (Fsp3) is 0.417. The molecular formula is C12H15NO2. The van der Waals surface area contributed by atoms with Gasteiger partial charge in [-0.15, -0.1) is 0 Å². The first-order chi connectivity index (χ1) is 7.31. The Morgan fingerprint density at radius 3 is 3.13 bits per heavy atom. The predicted molar refractivity (Wildman–Crippen MR) is 58.0 cm³/mol. The summed E-state index contributed by atoms with van der Waals surface area (Å²) in [5.74, 6) is 1.32. The zero-order valence-electron chi connectivity index (χ0n) is 8.82. The van der Waals surface area contributed by atoms with Crippen LogP contribution in [0, 0.1) is 0 Å². The number of benzene rings is 1. The van der Waals surface area contributed by atoms with Crippen LogP contribution in [0.3, 0.4) is 0 Å². The lowest BCUT2D eigenvalue weighted by molar-refractivity contribution is -0.121. The molecule has 0 radical (unpaired) electrons. The normalized spacial score (nSPS) is 18.9. The molecule has 1 amide bonds. The second kappa shape index (κ2) is 4.34. The number of para-hydroxylation sites is 1. The number of rotatable bonds is 2. The van der Waals surface area contributed by atoms with E-state index in [0.717, 1.165) is 17.7 Å². The maximum atomic E-state index is 11.3. The van der Waals surface area contributed by atoms with Gasteiger partial charge in [0.1, 0.15) is 5.75 Å². The lowest BCUT2D eigenvalue weighted by Gasteiger charge is -2.25. The highest BCUT2D eigenvalue weighted by Crippen LogP contribution is 2.35. The molecule has 1 aliphatic heterocycles. The summed E-state index contributed by atoms with van der Waals surface area (Å²) in [7, 11) is 1.67. The number of amides is 1. The van der Waals surface area contributed by atoms with Gasteiger partial charge in [0.15, 0.2) is 0 Å². The van der Waals surface area contributed by atoms with Crippen molar-refractivity contribution in [3.05, 3.63) is 29.8 Å². The van der Waals surface area contributed by atoms with E-state index in [1.807, 2.05) is 24.3 Å². The molecule has 80 valence electrons. The Kier molecular flexibility index (Phi) is 2.90. The minimum absolute atomic E-state index is 0.0942. The molecule has 1 atom stereocenters. The summed E-state index contributed by atoms with van der Waals surface area (Å²) < 4.78 is 5.54. The average Bonchev–Trinajstić information content (AvgIpc) is 2.29. The molecule has 2 rings (SSSR count). The molecule has 0 fully saturated rings. The number of carbonyl (C=O) groups is 1. The minimum atomic E-state index is 0.0942. The van der Waals surface area contributed by atoms with Crippen molar-refractivity contribution in [2.24, 2.45) is 0 Å². The number of hydrogen-bond donors (Lipinski definition) is 1. The highest BCUT2D eigenvalue weighted by atomic mass is 16.5. The van der Waals surface area contributed by atoms with E-state index in [2.05, 4.69) is 5.32 Å². The van der Waals surface area contributed by atoms with Crippen LogP contribution in [0.5, 0.6) is 5.75 Å². The summed E-state index contributed by atoms with van der Waals surface area (Å²) in [5.41, 5.74) is 1.16. The van der Waals surface area contributed by atoms with Gasteiger partial charge in [-0.3, -0.25) is 4.79 Å².